The normalized spacial score (nSPS) is 12.7. The molecule has 0 radical (unpaired) electrons. The van der Waals surface area contributed by atoms with E-state index >= 15 is 0 Å². The van der Waals surface area contributed by atoms with Crippen molar-refractivity contribution in [3.63, 3.8) is 0 Å². The third-order valence-corrected chi connectivity index (χ3v) is 6.75. The first-order chi connectivity index (χ1) is 14.6. The summed E-state index contributed by atoms with van der Waals surface area (Å²) in [5.74, 6) is 0.638. The molecule has 31 heavy (non-hydrogen) atoms. The summed E-state index contributed by atoms with van der Waals surface area (Å²) in [5.41, 5.74) is 7.24. The Bertz CT molecular complexity index is 1040. The lowest BCUT2D eigenvalue weighted by Crippen LogP contribution is -2.22. The Morgan fingerprint density at radius 2 is 2.03 bits per heavy atom. The average Bonchev–Trinajstić information content (AvgIpc) is 3.15. The summed E-state index contributed by atoms with van der Waals surface area (Å²) in [6, 6.07) is 5.62. The highest BCUT2D eigenvalue weighted by atomic mass is 79.9. The lowest BCUT2D eigenvalue weighted by Gasteiger charge is -2.19. The highest BCUT2D eigenvalue weighted by molar-refractivity contribution is 9.10. The standard InChI is InChI=1S/C21H27BrFN5O2Si/c1-14(30-21-19(24)26-12-18(22)27-21)17-11-15(23)5-6-16(17)20-25-7-8-28(20)13-29-9-10-31(2,3)4/h5-8,11-12,14H,9-10,13H2,1-4H3,(H2,24,26). The molecule has 2 aromatic heterocycles. The molecule has 0 aliphatic carbocycles. The summed E-state index contributed by atoms with van der Waals surface area (Å²) in [7, 11) is -1.17. The van der Waals surface area contributed by atoms with Crippen LogP contribution in [0.15, 0.2) is 41.4 Å². The number of hydrogen-bond acceptors (Lipinski definition) is 6. The van der Waals surface area contributed by atoms with Crippen molar-refractivity contribution in [3.05, 3.63) is 52.8 Å². The minimum atomic E-state index is -1.17. The van der Waals surface area contributed by atoms with Gasteiger partial charge in [0.2, 0.25) is 0 Å². The maximum atomic E-state index is 14.1. The van der Waals surface area contributed by atoms with E-state index in [-0.39, 0.29) is 17.5 Å². The van der Waals surface area contributed by atoms with Gasteiger partial charge in [-0.05, 0) is 47.1 Å². The molecule has 0 amide bonds. The first-order valence-corrected chi connectivity index (χ1v) is 14.5. The van der Waals surface area contributed by atoms with Crippen molar-refractivity contribution in [1.29, 1.82) is 0 Å². The Balaban J connectivity index is 1.84. The fraction of sp³-hybridized carbons (Fsp3) is 0.381. The number of nitrogens with two attached hydrogens (primary N) is 1. The monoisotopic (exact) mass is 507 g/mol. The van der Waals surface area contributed by atoms with Gasteiger partial charge in [0, 0.05) is 38.2 Å². The number of imidazole rings is 1. The molecule has 10 heteroatoms. The highest BCUT2D eigenvalue weighted by Gasteiger charge is 2.20. The second-order valence-electron chi connectivity index (χ2n) is 8.44. The lowest BCUT2D eigenvalue weighted by atomic mass is 10.0. The zero-order valence-corrected chi connectivity index (χ0v) is 20.7. The van der Waals surface area contributed by atoms with Crippen molar-refractivity contribution in [2.45, 2.75) is 45.4 Å². The smallest absolute Gasteiger partial charge is 0.258 e. The topological polar surface area (TPSA) is 88.1 Å². The van der Waals surface area contributed by atoms with Crippen LogP contribution in [0, 0.1) is 5.82 Å². The van der Waals surface area contributed by atoms with Crippen molar-refractivity contribution in [2.24, 2.45) is 0 Å². The quantitative estimate of drug-likeness (QED) is 0.313. The zero-order chi connectivity index (χ0) is 22.6. The molecule has 0 saturated carbocycles. The molecule has 0 fully saturated rings. The molecule has 0 saturated heterocycles. The summed E-state index contributed by atoms with van der Waals surface area (Å²) < 4.78 is 28.3. The first kappa shape index (κ1) is 23.4. The molecule has 1 aromatic carbocycles. The van der Waals surface area contributed by atoms with Crippen LogP contribution in [0.5, 0.6) is 5.88 Å². The number of anilines is 1. The van der Waals surface area contributed by atoms with Crippen LogP contribution in [0.25, 0.3) is 11.4 Å². The highest BCUT2D eigenvalue weighted by Crippen LogP contribution is 2.32. The van der Waals surface area contributed by atoms with Gasteiger partial charge in [-0.2, -0.15) is 0 Å². The third-order valence-electron chi connectivity index (χ3n) is 4.66. The SMILES string of the molecule is CC(Oc1nc(Br)cnc1N)c1cc(F)ccc1-c1nccn1COCC[Si](C)(C)C. The molecule has 0 aliphatic heterocycles. The number of benzene rings is 1. The van der Waals surface area contributed by atoms with Gasteiger partial charge in [-0.1, -0.05) is 19.6 Å². The maximum Gasteiger partial charge on any atom is 0.258 e. The molecular weight excluding hydrogens is 481 g/mol. The molecule has 0 aliphatic rings. The van der Waals surface area contributed by atoms with Crippen molar-refractivity contribution in [3.8, 4) is 17.3 Å². The Morgan fingerprint density at radius 3 is 2.77 bits per heavy atom. The van der Waals surface area contributed by atoms with Crippen LogP contribution in [0.3, 0.4) is 0 Å². The molecule has 166 valence electrons. The van der Waals surface area contributed by atoms with Gasteiger partial charge >= 0.3 is 0 Å². The summed E-state index contributed by atoms with van der Waals surface area (Å²) in [6.45, 7) is 9.81. The minimum Gasteiger partial charge on any atom is -0.467 e. The molecule has 3 aromatic rings. The molecule has 2 N–H and O–H groups in total. The van der Waals surface area contributed by atoms with Gasteiger partial charge in [0.15, 0.2) is 5.82 Å². The number of rotatable bonds is 9. The fourth-order valence-electron chi connectivity index (χ4n) is 2.95. The van der Waals surface area contributed by atoms with Gasteiger partial charge in [-0.25, -0.2) is 19.3 Å². The van der Waals surface area contributed by atoms with E-state index in [1.807, 2.05) is 10.8 Å². The van der Waals surface area contributed by atoms with Crippen LogP contribution < -0.4 is 10.5 Å². The fourth-order valence-corrected chi connectivity index (χ4v) is 3.97. The van der Waals surface area contributed by atoms with Crippen LogP contribution in [0.4, 0.5) is 10.2 Å². The number of aromatic nitrogens is 4. The van der Waals surface area contributed by atoms with Crippen molar-refractivity contribution < 1.29 is 13.9 Å². The summed E-state index contributed by atoms with van der Waals surface area (Å²) in [4.78, 5) is 12.7. The van der Waals surface area contributed by atoms with Crippen LogP contribution >= 0.6 is 15.9 Å². The van der Waals surface area contributed by atoms with E-state index in [0.717, 1.165) is 11.6 Å². The second kappa shape index (κ2) is 9.88. The van der Waals surface area contributed by atoms with Crippen LogP contribution in [-0.4, -0.2) is 34.2 Å². The lowest BCUT2D eigenvalue weighted by molar-refractivity contribution is 0.0882. The van der Waals surface area contributed by atoms with E-state index in [4.69, 9.17) is 15.2 Å². The van der Waals surface area contributed by atoms with E-state index in [0.29, 0.717) is 29.3 Å². The summed E-state index contributed by atoms with van der Waals surface area (Å²) >= 11 is 3.26. The van der Waals surface area contributed by atoms with Crippen molar-refractivity contribution >= 4 is 29.8 Å². The Hall–Kier alpha value is -2.30. The number of nitrogen functional groups attached to an aromatic ring is 1. The molecule has 2 heterocycles. The van der Waals surface area contributed by atoms with E-state index in [1.54, 1.807) is 19.2 Å². The van der Waals surface area contributed by atoms with Crippen molar-refractivity contribution in [1.82, 2.24) is 19.5 Å². The number of hydrogen-bond donors (Lipinski definition) is 1. The number of halogens is 2. The Labute approximate surface area is 191 Å². The Morgan fingerprint density at radius 1 is 1.26 bits per heavy atom. The van der Waals surface area contributed by atoms with E-state index < -0.39 is 14.2 Å². The molecule has 0 bridgehead atoms. The third kappa shape index (κ3) is 6.34. The molecule has 1 atom stereocenters. The van der Waals surface area contributed by atoms with E-state index in [2.05, 4.69) is 50.5 Å². The van der Waals surface area contributed by atoms with Crippen molar-refractivity contribution in [2.75, 3.05) is 12.3 Å². The second-order valence-corrected chi connectivity index (χ2v) is 14.9. The molecule has 3 rings (SSSR count). The zero-order valence-electron chi connectivity index (χ0n) is 18.1. The largest absolute Gasteiger partial charge is 0.467 e. The van der Waals surface area contributed by atoms with Gasteiger partial charge in [-0.15, -0.1) is 0 Å². The molecular formula is C21H27BrFN5O2Si. The summed E-state index contributed by atoms with van der Waals surface area (Å²) in [5, 5.41) is 0. The number of nitrogens with zero attached hydrogens (tertiary/aromatic N) is 4. The summed E-state index contributed by atoms with van der Waals surface area (Å²) in [6.07, 6.45) is 4.49. The predicted molar refractivity (Wildman–Crippen MR) is 125 cm³/mol. The van der Waals surface area contributed by atoms with Gasteiger partial charge in [0.05, 0.1) is 6.20 Å². The Kier molecular flexibility index (Phi) is 7.45. The number of ether oxygens (including phenoxy) is 2. The van der Waals surface area contributed by atoms with Gasteiger partial charge < -0.3 is 19.8 Å². The molecule has 0 spiro atoms. The average molecular weight is 508 g/mol. The molecule has 7 nitrogen and oxygen atoms in total. The molecule has 1 unspecified atom stereocenters. The van der Waals surface area contributed by atoms with E-state index in [9.17, 15) is 4.39 Å². The first-order valence-electron chi connectivity index (χ1n) is 9.97. The predicted octanol–water partition coefficient (Wildman–Crippen LogP) is 5.28. The van der Waals surface area contributed by atoms with Crippen LogP contribution in [0.1, 0.15) is 18.6 Å². The minimum absolute atomic E-state index is 0.158. The maximum absolute atomic E-state index is 14.1. The van der Waals surface area contributed by atoms with Gasteiger partial charge in [0.25, 0.3) is 5.88 Å². The van der Waals surface area contributed by atoms with Gasteiger partial charge in [0.1, 0.15) is 29.1 Å². The van der Waals surface area contributed by atoms with E-state index in [1.165, 1.54) is 18.3 Å². The van der Waals surface area contributed by atoms with Crippen LogP contribution in [-0.2, 0) is 11.5 Å². The van der Waals surface area contributed by atoms with Crippen LogP contribution in [0.2, 0.25) is 25.7 Å². The van der Waals surface area contributed by atoms with Gasteiger partial charge in [-0.3, -0.25) is 0 Å².